The molecule has 5 heteroatoms. The molecule has 96 valence electrons. The molecule has 0 unspecified atom stereocenters. The molecule has 19 heavy (non-hydrogen) atoms. The van der Waals surface area contributed by atoms with E-state index in [0.29, 0.717) is 15.7 Å². The molecule has 0 spiro atoms. The molecular weight excluding hydrogens is 283 g/mol. The van der Waals surface area contributed by atoms with Crippen LogP contribution in [0.15, 0.2) is 48.8 Å². The molecule has 0 atom stereocenters. The maximum atomic E-state index is 11.7. The highest BCUT2D eigenvalue weighted by Gasteiger charge is 1.99. The van der Waals surface area contributed by atoms with Gasteiger partial charge in [0.25, 0.3) is 0 Å². The van der Waals surface area contributed by atoms with E-state index in [9.17, 15) is 4.79 Å². The van der Waals surface area contributed by atoms with Crippen LogP contribution in [0.5, 0.6) is 0 Å². The topological polar surface area (TPSA) is 42.0 Å². The molecule has 0 aliphatic rings. The fourth-order valence-corrected chi connectivity index (χ4v) is 1.71. The second kappa shape index (κ2) is 6.36. The van der Waals surface area contributed by atoms with Gasteiger partial charge in [-0.25, -0.2) is 0 Å². The molecule has 0 fully saturated rings. The van der Waals surface area contributed by atoms with Gasteiger partial charge >= 0.3 is 0 Å². The Morgan fingerprint density at radius 1 is 1.11 bits per heavy atom. The van der Waals surface area contributed by atoms with Crippen LogP contribution in [0, 0.1) is 0 Å². The van der Waals surface area contributed by atoms with Crippen molar-refractivity contribution in [3.8, 4) is 0 Å². The van der Waals surface area contributed by atoms with Crippen molar-refractivity contribution in [2.45, 2.75) is 0 Å². The largest absolute Gasteiger partial charge is 0.322 e. The van der Waals surface area contributed by atoms with Crippen LogP contribution in [0.1, 0.15) is 5.56 Å². The number of benzene rings is 1. The monoisotopic (exact) mass is 292 g/mol. The highest BCUT2D eigenvalue weighted by molar-refractivity contribution is 6.42. The van der Waals surface area contributed by atoms with Gasteiger partial charge in [-0.1, -0.05) is 29.3 Å². The number of amides is 1. The Morgan fingerprint density at radius 2 is 1.84 bits per heavy atom. The third-order valence-electron chi connectivity index (χ3n) is 2.32. The van der Waals surface area contributed by atoms with E-state index in [2.05, 4.69) is 10.3 Å². The van der Waals surface area contributed by atoms with Gasteiger partial charge in [-0.2, -0.15) is 0 Å². The second-order valence-electron chi connectivity index (χ2n) is 3.73. The van der Waals surface area contributed by atoms with E-state index in [4.69, 9.17) is 23.2 Å². The third-order valence-corrected chi connectivity index (χ3v) is 3.06. The number of hydrogen-bond donors (Lipinski definition) is 1. The van der Waals surface area contributed by atoms with E-state index < -0.39 is 0 Å². The number of halogens is 2. The van der Waals surface area contributed by atoms with Gasteiger partial charge in [-0.05, 0) is 35.9 Å². The Bertz CT molecular complexity index is 612. The molecular formula is C14H10Cl2N2O. The number of hydrogen-bond acceptors (Lipinski definition) is 2. The zero-order valence-electron chi connectivity index (χ0n) is 9.81. The molecule has 1 N–H and O–H groups in total. The van der Waals surface area contributed by atoms with Gasteiger partial charge in [0.1, 0.15) is 0 Å². The molecule has 1 aromatic heterocycles. The maximum absolute atomic E-state index is 11.7. The number of carbonyl (C=O) groups excluding carboxylic acids is 1. The molecule has 1 heterocycles. The summed E-state index contributed by atoms with van der Waals surface area (Å²) in [6.45, 7) is 0. The normalized spacial score (nSPS) is 10.6. The Balaban J connectivity index is 2.02. The summed E-state index contributed by atoms with van der Waals surface area (Å²) in [6, 6.07) is 8.59. The summed E-state index contributed by atoms with van der Waals surface area (Å²) in [4.78, 5) is 15.5. The maximum Gasteiger partial charge on any atom is 0.248 e. The Kier molecular flexibility index (Phi) is 4.55. The Morgan fingerprint density at radius 3 is 2.53 bits per heavy atom. The first-order chi connectivity index (χ1) is 9.15. The lowest BCUT2D eigenvalue weighted by atomic mass is 10.2. The molecule has 1 amide bonds. The number of aromatic nitrogens is 1. The minimum absolute atomic E-state index is 0.225. The quantitative estimate of drug-likeness (QED) is 0.868. The summed E-state index contributed by atoms with van der Waals surface area (Å²) in [5.74, 6) is -0.225. The molecule has 0 aliphatic heterocycles. The number of rotatable bonds is 3. The van der Waals surface area contributed by atoms with Gasteiger partial charge in [0.15, 0.2) is 0 Å². The van der Waals surface area contributed by atoms with Crippen molar-refractivity contribution in [3.63, 3.8) is 0 Å². The van der Waals surface area contributed by atoms with Crippen molar-refractivity contribution in [2.75, 3.05) is 5.32 Å². The minimum atomic E-state index is -0.225. The zero-order chi connectivity index (χ0) is 13.7. The van der Waals surface area contributed by atoms with Gasteiger partial charge in [0.2, 0.25) is 5.91 Å². The van der Waals surface area contributed by atoms with Crippen LogP contribution in [0.3, 0.4) is 0 Å². The molecule has 1 aromatic carbocycles. The molecule has 0 aliphatic carbocycles. The molecule has 3 nitrogen and oxygen atoms in total. The first kappa shape index (κ1) is 13.6. The van der Waals surface area contributed by atoms with Crippen molar-refractivity contribution in [3.05, 3.63) is 64.4 Å². The van der Waals surface area contributed by atoms with E-state index in [1.54, 1.807) is 48.8 Å². The van der Waals surface area contributed by atoms with Crippen molar-refractivity contribution in [2.24, 2.45) is 0 Å². The first-order valence-corrected chi connectivity index (χ1v) is 6.25. The first-order valence-electron chi connectivity index (χ1n) is 5.49. The molecule has 0 bridgehead atoms. The van der Waals surface area contributed by atoms with Crippen LogP contribution < -0.4 is 5.32 Å². The van der Waals surface area contributed by atoms with Crippen molar-refractivity contribution < 1.29 is 4.79 Å². The number of nitrogens with zero attached hydrogens (tertiary/aromatic N) is 1. The fourth-order valence-electron chi connectivity index (χ4n) is 1.41. The van der Waals surface area contributed by atoms with Crippen LogP contribution in [0.4, 0.5) is 5.69 Å². The van der Waals surface area contributed by atoms with E-state index in [1.807, 2.05) is 0 Å². The summed E-state index contributed by atoms with van der Waals surface area (Å²) in [5, 5.41) is 3.66. The lowest BCUT2D eigenvalue weighted by Gasteiger charge is -2.00. The SMILES string of the molecule is O=C(/C=C/c1ccc(Cl)c(Cl)c1)Nc1ccncc1. The third kappa shape index (κ3) is 4.09. The molecule has 0 radical (unpaired) electrons. The lowest BCUT2D eigenvalue weighted by Crippen LogP contribution is -2.07. The Hall–Kier alpha value is -1.84. The average molecular weight is 293 g/mol. The number of pyridine rings is 1. The summed E-state index contributed by atoms with van der Waals surface area (Å²) in [7, 11) is 0. The van der Waals surface area contributed by atoms with Crippen LogP contribution in [0.25, 0.3) is 6.08 Å². The van der Waals surface area contributed by atoms with Gasteiger partial charge in [-0.15, -0.1) is 0 Å². The molecule has 0 saturated heterocycles. The van der Waals surface area contributed by atoms with E-state index in [0.717, 1.165) is 5.56 Å². The molecule has 2 rings (SSSR count). The number of anilines is 1. The zero-order valence-corrected chi connectivity index (χ0v) is 11.3. The highest BCUT2D eigenvalue weighted by Crippen LogP contribution is 2.23. The van der Waals surface area contributed by atoms with Crippen molar-refractivity contribution in [1.82, 2.24) is 4.98 Å². The van der Waals surface area contributed by atoms with Crippen LogP contribution in [0.2, 0.25) is 10.0 Å². The number of nitrogens with one attached hydrogen (secondary N) is 1. The lowest BCUT2D eigenvalue weighted by molar-refractivity contribution is -0.111. The smallest absolute Gasteiger partial charge is 0.248 e. The van der Waals surface area contributed by atoms with Crippen LogP contribution in [-0.4, -0.2) is 10.9 Å². The summed E-state index contributed by atoms with van der Waals surface area (Å²) in [6.07, 6.45) is 6.31. The van der Waals surface area contributed by atoms with Gasteiger partial charge in [0, 0.05) is 24.2 Å². The van der Waals surface area contributed by atoms with Crippen molar-refractivity contribution >= 4 is 40.9 Å². The fraction of sp³-hybridized carbons (Fsp3) is 0. The van der Waals surface area contributed by atoms with E-state index in [1.165, 1.54) is 6.08 Å². The minimum Gasteiger partial charge on any atom is -0.322 e. The van der Waals surface area contributed by atoms with Gasteiger partial charge in [0.05, 0.1) is 10.0 Å². The molecule has 0 saturated carbocycles. The Labute approximate surface area is 120 Å². The summed E-state index contributed by atoms with van der Waals surface area (Å²) < 4.78 is 0. The predicted molar refractivity (Wildman–Crippen MR) is 78.4 cm³/mol. The number of carbonyl (C=O) groups is 1. The van der Waals surface area contributed by atoms with Gasteiger partial charge < -0.3 is 5.32 Å². The average Bonchev–Trinajstić information content (AvgIpc) is 2.41. The standard InChI is InChI=1S/C14H10Cl2N2O/c15-12-3-1-10(9-13(12)16)2-4-14(19)18-11-5-7-17-8-6-11/h1-9H,(H,17,18,19)/b4-2+. The summed E-state index contributed by atoms with van der Waals surface area (Å²) >= 11 is 11.7. The summed E-state index contributed by atoms with van der Waals surface area (Å²) in [5.41, 5.74) is 1.50. The van der Waals surface area contributed by atoms with E-state index in [-0.39, 0.29) is 5.91 Å². The van der Waals surface area contributed by atoms with Crippen LogP contribution in [-0.2, 0) is 4.79 Å². The predicted octanol–water partition coefficient (Wildman–Crippen LogP) is 4.04. The van der Waals surface area contributed by atoms with Gasteiger partial charge in [-0.3, -0.25) is 9.78 Å². The van der Waals surface area contributed by atoms with Crippen molar-refractivity contribution in [1.29, 1.82) is 0 Å². The highest BCUT2D eigenvalue weighted by atomic mass is 35.5. The molecule has 2 aromatic rings. The van der Waals surface area contributed by atoms with Crippen LogP contribution >= 0.6 is 23.2 Å². The second-order valence-corrected chi connectivity index (χ2v) is 4.55. The van der Waals surface area contributed by atoms with E-state index >= 15 is 0 Å².